The molecule has 0 aliphatic heterocycles. The Labute approximate surface area is 198 Å². The SMILES string of the molecule is CC=CCCCO[C@H]1CC[C@H](c2ccc(C34CCC(CCCCC)(CC3)CC4)cc2)CC1. The van der Waals surface area contributed by atoms with Gasteiger partial charge in [-0.15, -0.1) is 0 Å². The normalized spacial score (nSPS) is 32.6. The van der Waals surface area contributed by atoms with Crippen LogP contribution < -0.4 is 0 Å². The largest absolute Gasteiger partial charge is 0.378 e. The van der Waals surface area contributed by atoms with Crippen molar-refractivity contribution >= 4 is 0 Å². The molecule has 4 aliphatic rings. The third kappa shape index (κ3) is 5.69. The lowest BCUT2D eigenvalue weighted by Crippen LogP contribution is -2.44. The van der Waals surface area contributed by atoms with Crippen molar-refractivity contribution in [3.8, 4) is 0 Å². The van der Waals surface area contributed by atoms with Crippen LogP contribution in [0.2, 0.25) is 0 Å². The second kappa shape index (κ2) is 11.4. The van der Waals surface area contributed by atoms with Crippen molar-refractivity contribution < 1.29 is 4.74 Å². The Hall–Kier alpha value is -1.08. The van der Waals surface area contributed by atoms with Crippen molar-refractivity contribution in [3.05, 3.63) is 47.5 Å². The zero-order chi connectivity index (χ0) is 22.3. The van der Waals surface area contributed by atoms with Gasteiger partial charge in [-0.25, -0.2) is 0 Å². The lowest BCUT2D eigenvalue weighted by Gasteiger charge is -2.54. The molecule has 1 heteroatoms. The summed E-state index contributed by atoms with van der Waals surface area (Å²) in [6.45, 7) is 5.36. The standard InChI is InChI=1S/C31H48O/c1-3-5-7-9-25-32-29-16-12-27(13-17-29)26-10-14-28(15-11-26)31-22-19-30(20-23-31,21-24-31)18-8-6-4-2/h3,5,10-11,14-15,27,29H,4,6-9,12-13,16-25H2,1-2H3/t27-,29-,30?,31?. The summed E-state index contributed by atoms with van der Waals surface area (Å²) in [5.41, 5.74) is 4.45. The molecule has 0 aromatic heterocycles. The summed E-state index contributed by atoms with van der Waals surface area (Å²) in [6.07, 6.45) is 26.8. The fraction of sp³-hybridized carbons (Fsp3) is 0.742. The van der Waals surface area contributed by atoms with Crippen molar-refractivity contribution in [1.29, 1.82) is 0 Å². The van der Waals surface area contributed by atoms with Gasteiger partial charge in [-0.3, -0.25) is 0 Å². The molecule has 32 heavy (non-hydrogen) atoms. The van der Waals surface area contributed by atoms with Gasteiger partial charge in [0.2, 0.25) is 0 Å². The fourth-order valence-electron chi connectivity index (χ4n) is 7.11. The van der Waals surface area contributed by atoms with Crippen LogP contribution in [-0.4, -0.2) is 12.7 Å². The highest BCUT2D eigenvalue weighted by Crippen LogP contribution is 2.59. The van der Waals surface area contributed by atoms with E-state index in [9.17, 15) is 0 Å². The zero-order valence-corrected chi connectivity index (χ0v) is 21.0. The number of unbranched alkanes of at least 4 members (excludes halogenated alkanes) is 3. The zero-order valence-electron chi connectivity index (χ0n) is 21.0. The first-order chi connectivity index (χ1) is 15.7. The maximum absolute atomic E-state index is 6.15. The third-order valence-corrected chi connectivity index (χ3v) is 9.49. The third-order valence-electron chi connectivity index (χ3n) is 9.49. The van der Waals surface area contributed by atoms with Gasteiger partial charge in [-0.05, 0) is 118 Å². The molecule has 4 aliphatic carbocycles. The van der Waals surface area contributed by atoms with Crippen molar-refractivity contribution in [2.45, 2.75) is 134 Å². The van der Waals surface area contributed by atoms with E-state index in [-0.39, 0.29) is 0 Å². The van der Waals surface area contributed by atoms with Crippen LogP contribution in [0.5, 0.6) is 0 Å². The summed E-state index contributed by atoms with van der Waals surface area (Å²) < 4.78 is 6.15. The molecule has 4 saturated carbocycles. The van der Waals surface area contributed by atoms with Crippen LogP contribution in [0.25, 0.3) is 0 Å². The molecule has 2 bridgehead atoms. The van der Waals surface area contributed by atoms with Gasteiger partial charge in [0.15, 0.2) is 0 Å². The first kappa shape index (κ1) is 24.1. The molecule has 0 atom stereocenters. The van der Waals surface area contributed by atoms with E-state index in [1.807, 2.05) is 0 Å². The first-order valence-corrected chi connectivity index (χ1v) is 14.0. The number of hydrogen-bond donors (Lipinski definition) is 0. The van der Waals surface area contributed by atoms with Crippen LogP contribution in [0.15, 0.2) is 36.4 Å². The van der Waals surface area contributed by atoms with Crippen LogP contribution >= 0.6 is 0 Å². The summed E-state index contributed by atoms with van der Waals surface area (Å²) in [5.74, 6) is 0.744. The van der Waals surface area contributed by atoms with Crippen LogP contribution in [0.1, 0.15) is 134 Å². The van der Waals surface area contributed by atoms with E-state index in [1.165, 1.54) is 89.9 Å². The summed E-state index contributed by atoms with van der Waals surface area (Å²) in [5, 5.41) is 0. The monoisotopic (exact) mass is 436 g/mol. The summed E-state index contributed by atoms with van der Waals surface area (Å²) in [4.78, 5) is 0. The number of allylic oxidation sites excluding steroid dienone is 2. The van der Waals surface area contributed by atoms with E-state index in [1.54, 1.807) is 11.1 Å². The quantitative estimate of drug-likeness (QED) is 0.248. The predicted molar refractivity (Wildman–Crippen MR) is 137 cm³/mol. The minimum absolute atomic E-state index is 0.497. The maximum atomic E-state index is 6.15. The van der Waals surface area contributed by atoms with E-state index >= 15 is 0 Å². The molecule has 1 aromatic carbocycles. The van der Waals surface area contributed by atoms with Crippen LogP contribution in [0.3, 0.4) is 0 Å². The maximum Gasteiger partial charge on any atom is 0.0575 e. The Morgan fingerprint density at radius 3 is 2.19 bits per heavy atom. The summed E-state index contributed by atoms with van der Waals surface area (Å²) in [6, 6.07) is 10.0. The highest BCUT2D eigenvalue weighted by atomic mass is 16.5. The van der Waals surface area contributed by atoms with Crippen molar-refractivity contribution in [1.82, 2.24) is 0 Å². The van der Waals surface area contributed by atoms with Gasteiger partial charge in [0.05, 0.1) is 6.10 Å². The van der Waals surface area contributed by atoms with Gasteiger partial charge in [0, 0.05) is 6.61 Å². The summed E-state index contributed by atoms with van der Waals surface area (Å²) in [7, 11) is 0. The second-order valence-electron chi connectivity index (χ2n) is 11.4. The second-order valence-corrected chi connectivity index (χ2v) is 11.4. The fourth-order valence-corrected chi connectivity index (χ4v) is 7.11. The lowest BCUT2D eigenvalue weighted by molar-refractivity contribution is 0.0237. The molecule has 1 nitrogen and oxygen atoms in total. The Morgan fingerprint density at radius 2 is 1.56 bits per heavy atom. The number of hydrogen-bond acceptors (Lipinski definition) is 1. The highest BCUT2D eigenvalue weighted by Gasteiger charge is 2.48. The van der Waals surface area contributed by atoms with Crippen molar-refractivity contribution in [2.75, 3.05) is 6.61 Å². The minimum atomic E-state index is 0.497. The number of ether oxygens (including phenoxy) is 1. The molecule has 0 saturated heterocycles. The molecule has 0 spiro atoms. The topological polar surface area (TPSA) is 9.23 Å². The van der Waals surface area contributed by atoms with Crippen molar-refractivity contribution in [2.24, 2.45) is 5.41 Å². The van der Waals surface area contributed by atoms with Crippen molar-refractivity contribution in [3.63, 3.8) is 0 Å². The Kier molecular flexibility index (Phi) is 8.55. The van der Waals surface area contributed by atoms with Gasteiger partial charge in [-0.2, -0.15) is 0 Å². The molecule has 0 unspecified atom stereocenters. The molecular formula is C31H48O. The first-order valence-electron chi connectivity index (χ1n) is 14.0. The van der Waals surface area contributed by atoms with Gasteiger partial charge in [0.1, 0.15) is 0 Å². The Morgan fingerprint density at radius 1 is 0.875 bits per heavy atom. The van der Waals surface area contributed by atoms with Crippen LogP contribution in [0.4, 0.5) is 0 Å². The predicted octanol–water partition coefficient (Wildman–Crippen LogP) is 9.26. The molecule has 4 fully saturated rings. The average molecular weight is 437 g/mol. The highest BCUT2D eigenvalue weighted by molar-refractivity contribution is 5.33. The molecular weight excluding hydrogens is 388 g/mol. The minimum Gasteiger partial charge on any atom is -0.378 e. The number of benzene rings is 1. The number of rotatable bonds is 11. The van der Waals surface area contributed by atoms with E-state index in [0.29, 0.717) is 16.9 Å². The molecule has 0 N–H and O–H groups in total. The van der Waals surface area contributed by atoms with Gasteiger partial charge in [-0.1, -0.05) is 62.6 Å². The van der Waals surface area contributed by atoms with Crippen LogP contribution in [0, 0.1) is 5.41 Å². The van der Waals surface area contributed by atoms with Gasteiger partial charge >= 0.3 is 0 Å². The molecule has 0 heterocycles. The average Bonchev–Trinajstić information content (AvgIpc) is 2.86. The lowest BCUT2D eigenvalue weighted by atomic mass is 9.51. The van der Waals surface area contributed by atoms with Crippen LogP contribution in [-0.2, 0) is 10.2 Å². The van der Waals surface area contributed by atoms with E-state index in [2.05, 4.69) is 50.3 Å². The molecule has 0 radical (unpaired) electrons. The van der Waals surface area contributed by atoms with Gasteiger partial charge in [0.25, 0.3) is 0 Å². The van der Waals surface area contributed by atoms with Gasteiger partial charge < -0.3 is 4.74 Å². The molecule has 178 valence electrons. The Balaban J connectivity index is 1.25. The molecule has 5 rings (SSSR count). The van der Waals surface area contributed by atoms with E-state index in [4.69, 9.17) is 4.74 Å². The molecule has 0 amide bonds. The van der Waals surface area contributed by atoms with E-state index < -0.39 is 0 Å². The van der Waals surface area contributed by atoms with E-state index in [0.717, 1.165) is 25.4 Å². The summed E-state index contributed by atoms with van der Waals surface area (Å²) >= 11 is 0. The molecule has 1 aromatic rings. The smallest absolute Gasteiger partial charge is 0.0575 e. The number of fused-ring (bicyclic) bond motifs is 3. The Bertz CT molecular complexity index is 682.